The average Bonchev–Trinajstić information content (AvgIpc) is 2.42. The van der Waals surface area contributed by atoms with Crippen LogP contribution in [0.4, 0.5) is 5.69 Å². The van der Waals surface area contributed by atoms with E-state index < -0.39 is 12.1 Å². The monoisotopic (exact) mass is 288 g/mol. The summed E-state index contributed by atoms with van der Waals surface area (Å²) in [6.45, 7) is 8.05. The molecule has 4 nitrogen and oxygen atoms in total. The van der Waals surface area contributed by atoms with Crippen LogP contribution in [0.25, 0.3) is 0 Å². The summed E-state index contributed by atoms with van der Waals surface area (Å²) in [6.07, 6.45) is 0.665. The first kappa shape index (κ1) is 15.5. The van der Waals surface area contributed by atoms with Gasteiger partial charge in [0.1, 0.15) is 12.1 Å². The van der Waals surface area contributed by atoms with Crippen LogP contribution in [0.15, 0.2) is 30.3 Å². The largest absolute Gasteiger partial charge is 0.342 e. The van der Waals surface area contributed by atoms with E-state index in [1.165, 1.54) is 0 Å². The van der Waals surface area contributed by atoms with Gasteiger partial charge in [-0.3, -0.25) is 14.5 Å². The van der Waals surface area contributed by atoms with Gasteiger partial charge < -0.3 is 5.32 Å². The number of nitrogens with one attached hydrogen (secondary N) is 1. The lowest BCUT2D eigenvalue weighted by atomic mass is 9.93. The fraction of sp³-hybridized carbons (Fsp3) is 0.529. The van der Waals surface area contributed by atoms with Crippen molar-refractivity contribution in [1.82, 2.24) is 5.32 Å². The number of carbonyl (C=O) groups is 2. The highest BCUT2D eigenvalue weighted by molar-refractivity contribution is 6.08. The van der Waals surface area contributed by atoms with Gasteiger partial charge in [-0.25, -0.2) is 0 Å². The van der Waals surface area contributed by atoms with Crippen molar-refractivity contribution < 1.29 is 9.59 Å². The Balaban J connectivity index is 2.38. The number of hydrogen-bond donors (Lipinski definition) is 1. The number of anilines is 1. The van der Waals surface area contributed by atoms with Crippen molar-refractivity contribution in [2.24, 2.45) is 11.8 Å². The van der Waals surface area contributed by atoms with Gasteiger partial charge in [0.2, 0.25) is 11.8 Å². The second kappa shape index (κ2) is 6.29. The Morgan fingerprint density at radius 2 is 1.71 bits per heavy atom. The maximum atomic E-state index is 12.8. The summed E-state index contributed by atoms with van der Waals surface area (Å²) in [5, 5.41) is 2.90. The average molecular weight is 288 g/mol. The fourth-order valence-corrected chi connectivity index (χ4v) is 2.85. The Hall–Kier alpha value is -1.84. The van der Waals surface area contributed by atoms with Gasteiger partial charge in [0.05, 0.1) is 0 Å². The van der Waals surface area contributed by atoms with E-state index in [4.69, 9.17) is 0 Å². The lowest BCUT2D eigenvalue weighted by molar-refractivity contribution is -0.135. The summed E-state index contributed by atoms with van der Waals surface area (Å²) in [6, 6.07) is 8.61. The van der Waals surface area contributed by atoms with Gasteiger partial charge in [-0.1, -0.05) is 45.9 Å². The molecule has 1 heterocycles. The van der Waals surface area contributed by atoms with Crippen LogP contribution < -0.4 is 10.2 Å². The van der Waals surface area contributed by atoms with Crippen LogP contribution in [0.5, 0.6) is 0 Å². The first-order valence-electron chi connectivity index (χ1n) is 7.60. The van der Waals surface area contributed by atoms with Crippen LogP contribution in [0.2, 0.25) is 0 Å². The van der Waals surface area contributed by atoms with E-state index >= 15 is 0 Å². The number of piperazine rings is 1. The first-order chi connectivity index (χ1) is 9.91. The van der Waals surface area contributed by atoms with Crippen molar-refractivity contribution in [2.75, 3.05) is 4.90 Å². The molecular weight excluding hydrogens is 264 g/mol. The summed E-state index contributed by atoms with van der Waals surface area (Å²) in [5.41, 5.74) is 0.796. The molecule has 0 saturated carbocycles. The number of para-hydroxylation sites is 1. The lowest BCUT2D eigenvalue weighted by Gasteiger charge is -2.41. The van der Waals surface area contributed by atoms with Gasteiger partial charge in [0.25, 0.3) is 0 Å². The molecule has 114 valence electrons. The number of nitrogens with zero attached hydrogens (tertiary/aromatic N) is 1. The van der Waals surface area contributed by atoms with Gasteiger partial charge in [-0.2, -0.15) is 0 Å². The molecule has 21 heavy (non-hydrogen) atoms. The van der Waals surface area contributed by atoms with Crippen molar-refractivity contribution in [2.45, 2.75) is 46.2 Å². The topological polar surface area (TPSA) is 49.4 Å². The van der Waals surface area contributed by atoms with E-state index in [0.717, 1.165) is 5.69 Å². The van der Waals surface area contributed by atoms with Crippen LogP contribution in [0, 0.1) is 11.8 Å². The summed E-state index contributed by atoms with van der Waals surface area (Å²) < 4.78 is 0. The minimum atomic E-state index is -0.441. The fourth-order valence-electron chi connectivity index (χ4n) is 2.85. The molecule has 1 aromatic rings. The van der Waals surface area contributed by atoms with Gasteiger partial charge in [-0.15, -0.1) is 0 Å². The molecule has 1 aliphatic rings. The van der Waals surface area contributed by atoms with Gasteiger partial charge in [0.15, 0.2) is 0 Å². The first-order valence-corrected chi connectivity index (χ1v) is 7.60. The Labute approximate surface area is 126 Å². The molecule has 1 aromatic carbocycles. The standard InChI is InChI=1S/C17H24N2O2/c1-11(2)10-14-17(21)19(13-8-6-5-7-9-13)15(12(3)4)16(20)18-14/h5-9,11-12,14-15H,10H2,1-4H3,(H,18,20). The highest BCUT2D eigenvalue weighted by Crippen LogP contribution is 2.26. The van der Waals surface area contributed by atoms with E-state index in [1.54, 1.807) is 4.90 Å². The quantitative estimate of drug-likeness (QED) is 0.925. The number of carbonyl (C=O) groups excluding carboxylic acids is 2. The van der Waals surface area contributed by atoms with Crippen LogP contribution in [0.1, 0.15) is 34.1 Å². The molecule has 1 saturated heterocycles. The predicted octanol–water partition coefficient (Wildman–Crippen LogP) is 2.59. The van der Waals surface area contributed by atoms with E-state index in [2.05, 4.69) is 19.2 Å². The molecule has 2 rings (SSSR count). The SMILES string of the molecule is CC(C)CC1NC(=O)C(C(C)C)N(c2ccccc2)C1=O. The molecule has 0 bridgehead atoms. The molecule has 2 amide bonds. The third-order valence-corrected chi connectivity index (χ3v) is 3.77. The molecule has 2 unspecified atom stereocenters. The zero-order valence-electron chi connectivity index (χ0n) is 13.2. The molecule has 0 spiro atoms. The van der Waals surface area contributed by atoms with Crippen LogP contribution >= 0.6 is 0 Å². The van der Waals surface area contributed by atoms with E-state index in [9.17, 15) is 9.59 Å². The minimum Gasteiger partial charge on any atom is -0.342 e. The number of benzene rings is 1. The number of hydrogen-bond acceptors (Lipinski definition) is 2. The summed E-state index contributed by atoms with van der Waals surface area (Å²) >= 11 is 0. The van der Waals surface area contributed by atoms with Crippen molar-refractivity contribution in [3.63, 3.8) is 0 Å². The van der Waals surface area contributed by atoms with E-state index in [1.807, 2.05) is 44.2 Å². The Kier molecular flexibility index (Phi) is 4.66. The maximum Gasteiger partial charge on any atom is 0.250 e. The third kappa shape index (κ3) is 3.26. The second-order valence-electron chi connectivity index (χ2n) is 6.42. The molecule has 1 N–H and O–H groups in total. The van der Waals surface area contributed by atoms with E-state index in [-0.39, 0.29) is 17.7 Å². The molecule has 2 atom stereocenters. The molecular formula is C17H24N2O2. The van der Waals surface area contributed by atoms with E-state index in [0.29, 0.717) is 12.3 Å². The zero-order chi connectivity index (χ0) is 15.6. The predicted molar refractivity (Wildman–Crippen MR) is 83.9 cm³/mol. The molecule has 0 aromatic heterocycles. The number of amides is 2. The molecule has 0 radical (unpaired) electrons. The van der Waals surface area contributed by atoms with Gasteiger partial charge in [0, 0.05) is 5.69 Å². The van der Waals surface area contributed by atoms with Crippen LogP contribution in [-0.2, 0) is 9.59 Å². The van der Waals surface area contributed by atoms with Crippen LogP contribution in [0.3, 0.4) is 0 Å². The Morgan fingerprint density at radius 3 is 2.24 bits per heavy atom. The Morgan fingerprint density at radius 1 is 1.10 bits per heavy atom. The summed E-state index contributed by atoms with van der Waals surface area (Å²) in [4.78, 5) is 27.0. The normalized spacial score (nSPS) is 22.9. The summed E-state index contributed by atoms with van der Waals surface area (Å²) in [7, 11) is 0. The summed E-state index contributed by atoms with van der Waals surface area (Å²) in [5.74, 6) is 0.355. The molecule has 4 heteroatoms. The Bertz CT molecular complexity index is 511. The van der Waals surface area contributed by atoms with Crippen molar-refractivity contribution in [1.29, 1.82) is 0 Å². The van der Waals surface area contributed by atoms with Crippen molar-refractivity contribution >= 4 is 17.5 Å². The van der Waals surface area contributed by atoms with Gasteiger partial charge >= 0.3 is 0 Å². The van der Waals surface area contributed by atoms with Crippen molar-refractivity contribution in [3.05, 3.63) is 30.3 Å². The maximum absolute atomic E-state index is 12.8. The highest BCUT2D eigenvalue weighted by Gasteiger charge is 2.42. The smallest absolute Gasteiger partial charge is 0.250 e. The zero-order valence-corrected chi connectivity index (χ0v) is 13.2. The molecule has 1 fully saturated rings. The molecule has 0 aliphatic carbocycles. The second-order valence-corrected chi connectivity index (χ2v) is 6.42. The van der Waals surface area contributed by atoms with Crippen molar-refractivity contribution in [3.8, 4) is 0 Å². The minimum absolute atomic E-state index is 0.00630. The number of rotatable bonds is 4. The molecule has 1 aliphatic heterocycles. The van der Waals surface area contributed by atoms with Crippen LogP contribution in [-0.4, -0.2) is 23.9 Å². The third-order valence-electron chi connectivity index (χ3n) is 3.77. The lowest BCUT2D eigenvalue weighted by Crippen LogP contribution is -2.65. The highest BCUT2D eigenvalue weighted by atomic mass is 16.2. The van der Waals surface area contributed by atoms with Gasteiger partial charge in [-0.05, 0) is 30.4 Å².